The van der Waals surface area contributed by atoms with Crippen molar-refractivity contribution in [1.82, 2.24) is 0 Å². The Morgan fingerprint density at radius 3 is 2.45 bits per heavy atom. The van der Waals surface area contributed by atoms with E-state index in [1.54, 1.807) is 0 Å². The molecule has 0 aromatic heterocycles. The molecule has 1 aromatic carbocycles. The van der Waals surface area contributed by atoms with Gasteiger partial charge >= 0.3 is 0 Å². The topological polar surface area (TPSA) is 0 Å². The number of hydrogen-bond donors (Lipinski definition) is 0. The van der Waals surface area contributed by atoms with E-state index in [2.05, 4.69) is 70.6 Å². The van der Waals surface area contributed by atoms with Crippen LogP contribution in [0.1, 0.15) is 25.3 Å². The molecule has 0 nitrogen and oxygen atoms in total. The van der Waals surface area contributed by atoms with Gasteiger partial charge in [-0.15, -0.1) is 0 Å². The van der Waals surface area contributed by atoms with Crippen LogP contribution in [0, 0.1) is 3.57 Å². The zero-order valence-electron chi connectivity index (χ0n) is 6.57. The van der Waals surface area contributed by atoms with E-state index in [1.807, 2.05) is 0 Å². The number of benzene rings is 1. The Bertz CT molecular complexity index is 256. The Morgan fingerprint density at radius 2 is 2.00 bits per heavy atom. The lowest BCUT2D eigenvalue weighted by Gasteiger charge is -2.07. The fraction of sp³-hybridized carbons (Fsp3) is 0.333. The molecule has 0 saturated heterocycles. The van der Waals surface area contributed by atoms with Crippen molar-refractivity contribution in [3.8, 4) is 0 Å². The Labute approximate surface area is 89.7 Å². The van der Waals surface area contributed by atoms with Gasteiger partial charge in [-0.1, -0.05) is 29.8 Å². The fourth-order valence-corrected chi connectivity index (χ4v) is 2.29. The minimum atomic E-state index is 0.611. The monoisotopic (exact) mass is 324 g/mol. The maximum absolute atomic E-state index is 3.46. The van der Waals surface area contributed by atoms with Crippen molar-refractivity contribution < 1.29 is 0 Å². The quantitative estimate of drug-likeness (QED) is 0.680. The van der Waals surface area contributed by atoms with Crippen LogP contribution in [-0.4, -0.2) is 0 Å². The molecular weight excluding hydrogens is 315 g/mol. The lowest BCUT2D eigenvalue weighted by molar-refractivity contribution is 0.859. The maximum Gasteiger partial charge on any atom is 0.0178 e. The largest absolute Gasteiger partial charge is 0.0586 e. The highest BCUT2D eigenvalue weighted by Crippen LogP contribution is 2.24. The molecule has 0 aliphatic heterocycles. The second kappa shape index (κ2) is 3.90. The van der Waals surface area contributed by atoms with Crippen LogP contribution >= 0.6 is 38.5 Å². The molecule has 60 valence electrons. The third-order valence-electron chi connectivity index (χ3n) is 1.58. The normalized spacial score (nSPS) is 10.6. The number of rotatable bonds is 1. The molecule has 0 aliphatic rings. The van der Waals surface area contributed by atoms with E-state index in [0.29, 0.717) is 5.92 Å². The highest BCUT2D eigenvalue weighted by Gasteiger charge is 2.03. The minimum Gasteiger partial charge on any atom is -0.0586 e. The molecule has 1 aromatic rings. The smallest absolute Gasteiger partial charge is 0.0178 e. The van der Waals surface area contributed by atoms with Gasteiger partial charge in [-0.25, -0.2) is 0 Å². The van der Waals surface area contributed by atoms with Gasteiger partial charge < -0.3 is 0 Å². The van der Waals surface area contributed by atoms with Gasteiger partial charge in [0.05, 0.1) is 0 Å². The van der Waals surface area contributed by atoms with Crippen LogP contribution in [0.3, 0.4) is 0 Å². The van der Waals surface area contributed by atoms with E-state index in [0.717, 1.165) is 0 Å². The summed E-state index contributed by atoms with van der Waals surface area (Å²) in [5.41, 5.74) is 1.42. The molecule has 0 amide bonds. The average molecular weight is 325 g/mol. The molecule has 0 bridgehead atoms. The molecule has 0 spiro atoms. The first-order chi connectivity index (χ1) is 5.11. The van der Waals surface area contributed by atoms with Crippen LogP contribution in [-0.2, 0) is 0 Å². The van der Waals surface area contributed by atoms with Gasteiger partial charge in [-0.05, 0) is 52.3 Å². The molecule has 2 heteroatoms. The maximum atomic E-state index is 3.46. The standard InChI is InChI=1S/C9H10BrI/c1-6(2)8-5-7(10)3-4-9(8)11/h3-6H,1-2H3. The zero-order chi connectivity index (χ0) is 8.43. The zero-order valence-corrected chi connectivity index (χ0v) is 10.3. The molecule has 0 heterocycles. The molecule has 1 rings (SSSR count). The Morgan fingerprint density at radius 1 is 1.36 bits per heavy atom. The Balaban J connectivity index is 3.13. The summed E-state index contributed by atoms with van der Waals surface area (Å²) in [6, 6.07) is 6.40. The molecule has 0 saturated carbocycles. The first-order valence-electron chi connectivity index (χ1n) is 3.56. The highest BCUT2D eigenvalue weighted by molar-refractivity contribution is 14.1. The van der Waals surface area contributed by atoms with Crippen molar-refractivity contribution in [3.05, 3.63) is 31.8 Å². The molecular formula is C9H10BrI. The summed E-state index contributed by atoms with van der Waals surface area (Å²) in [6.07, 6.45) is 0. The first-order valence-corrected chi connectivity index (χ1v) is 5.43. The molecule has 0 aliphatic carbocycles. The second-order valence-electron chi connectivity index (χ2n) is 2.82. The second-order valence-corrected chi connectivity index (χ2v) is 4.90. The van der Waals surface area contributed by atoms with Crippen molar-refractivity contribution >= 4 is 38.5 Å². The van der Waals surface area contributed by atoms with Crippen molar-refractivity contribution in [2.24, 2.45) is 0 Å². The van der Waals surface area contributed by atoms with Gasteiger partial charge in [0.25, 0.3) is 0 Å². The van der Waals surface area contributed by atoms with Gasteiger partial charge in [-0.3, -0.25) is 0 Å². The molecule has 11 heavy (non-hydrogen) atoms. The van der Waals surface area contributed by atoms with E-state index in [9.17, 15) is 0 Å². The van der Waals surface area contributed by atoms with E-state index < -0.39 is 0 Å². The highest BCUT2D eigenvalue weighted by atomic mass is 127. The summed E-state index contributed by atoms with van der Waals surface area (Å²) >= 11 is 5.83. The van der Waals surface area contributed by atoms with Crippen LogP contribution in [0.25, 0.3) is 0 Å². The van der Waals surface area contributed by atoms with Gasteiger partial charge in [0.2, 0.25) is 0 Å². The SMILES string of the molecule is CC(C)c1cc(Br)ccc1I. The van der Waals surface area contributed by atoms with Crippen LogP contribution in [0.5, 0.6) is 0 Å². The van der Waals surface area contributed by atoms with E-state index in [4.69, 9.17) is 0 Å². The molecule has 0 fully saturated rings. The van der Waals surface area contributed by atoms with Gasteiger partial charge in [-0.2, -0.15) is 0 Å². The van der Waals surface area contributed by atoms with Crippen LogP contribution in [0.2, 0.25) is 0 Å². The van der Waals surface area contributed by atoms with Crippen molar-refractivity contribution in [2.75, 3.05) is 0 Å². The summed E-state index contributed by atoms with van der Waals surface area (Å²) in [6.45, 7) is 4.42. The van der Waals surface area contributed by atoms with Gasteiger partial charge in [0.1, 0.15) is 0 Å². The summed E-state index contributed by atoms with van der Waals surface area (Å²) in [7, 11) is 0. The lowest BCUT2D eigenvalue weighted by atomic mass is 10.0. The molecule has 0 atom stereocenters. The summed E-state index contributed by atoms with van der Waals surface area (Å²) < 4.78 is 2.52. The average Bonchev–Trinajstić information content (AvgIpc) is 1.94. The van der Waals surface area contributed by atoms with Crippen molar-refractivity contribution in [3.63, 3.8) is 0 Å². The van der Waals surface area contributed by atoms with E-state index in [-0.39, 0.29) is 0 Å². The van der Waals surface area contributed by atoms with Crippen LogP contribution < -0.4 is 0 Å². The van der Waals surface area contributed by atoms with Crippen LogP contribution in [0.15, 0.2) is 22.7 Å². The third kappa shape index (κ3) is 2.44. The lowest BCUT2D eigenvalue weighted by Crippen LogP contribution is -1.90. The summed E-state index contributed by atoms with van der Waals surface area (Å²) in [5.74, 6) is 0.611. The van der Waals surface area contributed by atoms with Gasteiger partial charge in [0, 0.05) is 8.04 Å². The Hall–Kier alpha value is 0.430. The third-order valence-corrected chi connectivity index (χ3v) is 3.06. The minimum absolute atomic E-state index is 0.611. The predicted molar refractivity (Wildman–Crippen MR) is 60.9 cm³/mol. The first kappa shape index (κ1) is 9.52. The molecule has 0 unspecified atom stereocenters. The summed E-state index contributed by atoms with van der Waals surface area (Å²) in [4.78, 5) is 0. The molecule has 0 N–H and O–H groups in total. The summed E-state index contributed by atoms with van der Waals surface area (Å²) in [5, 5.41) is 0. The van der Waals surface area contributed by atoms with Crippen molar-refractivity contribution in [1.29, 1.82) is 0 Å². The Kier molecular flexibility index (Phi) is 3.37. The number of halogens is 2. The predicted octanol–water partition coefficient (Wildman–Crippen LogP) is 4.18. The fourth-order valence-electron chi connectivity index (χ4n) is 0.957. The number of hydrogen-bond acceptors (Lipinski definition) is 0. The van der Waals surface area contributed by atoms with E-state index in [1.165, 1.54) is 13.6 Å². The molecule has 0 radical (unpaired) electrons. The van der Waals surface area contributed by atoms with Crippen molar-refractivity contribution in [2.45, 2.75) is 19.8 Å². The van der Waals surface area contributed by atoms with E-state index >= 15 is 0 Å². The van der Waals surface area contributed by atoms with Gasteiger partial charge in [0.15, 0.2) is 0 Å². The van der Waals surface area contributed by atoms with Crippen LogP contribution in [0.4, 0.5) is 0 Å².